The molecule has 0 aromatic heterocycles. The van der Waals surface area contributed by atoms with Gasteiger partial charge in [0.25, 0.3) is 0 Å². The fourth-order valence-corrected chi connectivity index (χ4v) is 4.24. The van der Waals surface area contributed by atoms with E-state index in [1.807, 2.05) is 4.90 Å². The second kappa shape index (κ2) is 8.72. The quantitative estimate of drug-likeness (QED) is 0.747. The van der Waals surface area contributed by atoms with Crippen molar-refractivity contribution in [3.8, 4) is 0 Å². The van der Waals surface area contributed by atoms with Crippen LogP contribution in [0.2, 0.25) is 0 Å². The summed E-state index contributed by atoms with van der Waals surface area (Å²) in [4.78, 5) is 15.1. The molecular formula is C21H30F3N3O. The van der Waals surface area contributed by atoms with Crippen molar-refractivity contribution in [2.75, 3.05) is 36.4 Å². The zero-order valence-electron chi connectivity index (χ0n) is 16.6. The molecule has 1 heterocycles. The highest BCUT2D eigenvalue weighted by Gasteiger charge is 2.36. The minimum Gasteiger partial charge on any atom is -0.382 e. The van der Waals surface area contributed by atoms with Crippen LogP contribution in [0.15, 0.2) is 18.2 Å². The fourth-order valence-electron chi connectivity index (χ4n) is 4.24. The minimum absolute atomic E-state index is 0.124. The third-order valence-electron chi connectivity index (χ3n) is 6.02. The van der Waals surface area contributed by atoms with Gasteiger partial charge in [-0.2, -0.15) is 13.2 Å². The molecule has 0 amide bonds. The van der Waals surface area contributed by atoms with Gasteiger partial charge in [0.2, 0.25) is 0 Å². The Morgan fingerprint density at radius 3 is 2.25 bits per heavy atom. The van der Waals surface area contributed by atoms with Crippen molar-refractivity contribution in [2.45, 2.75) is 57.8 Å². The number of alkyl halides is 3. The third kappa shape index (κ3) is 4.99. The summed E-state index contributed by atoms with van der Waals surface area (Å²) in [5, 5.41) is 3.39. The summed E-state index contributed by atoms with van der Waals surface area (Å²) in [6.07, 6.45) is 0.0611. The molecule has 1 N–H and O–H groups in total. The molecule has 0 unspecified atom stereocenters. The third-order valence-corrected chi connectivity index (χ3v) is 6.02. The van der Waals surface area contributed by atoms with Crippen molar-refractivity contribution in [3.63, 3.8) is 0 Å². The average Bonchev–Trinajstić information content (AvgIpc) is 2.68. The van der Waals surface area contributed by atoms with Crippen molar-refractivity contribution in [3.05, 3.63) is 23.8 Å². The monoisotopic (exact) mass is 397 g/mol. The van der Waals surface area contributed by atoms with E-state index in [4.69, 9.17) is 0 Å². The molecule has 28 heavy (non-hydrogen) atoms. The average molecular weight is 397 g/mol. The molecule has 0 spiro atoms. The first-order valence-electron chi connectivity index (χ1n) is 10.2. The summed E-state index contributed by atoms with van der Waals surface area (Å²) in [5.41, 5.74) is 0.423. The second-order valence-electron chi connectivity index (χ2n) is 8.24. The van der Waals surface area contributed by atoms with Gasteiger partial charge in [-0.05, 0) is 57.7 Å². The van der Waals surface area contributed by atoms with Crippen LogP contribution in [-0.4, -0.2) is 49.4 Å². The van der Waals surface area contributed by atoms with Gasteiger partial charge in [0, 0.05) is 49.9 Å². The van der Waals surface area contributed by atoms with Crippen LogP contribution in [0.25, 0.3) is 0 Å². The van der Waals surface area contributed by atoms with Crippen LogP contribution in [-0.2, 0) is 11.0 Å². The van der Waals surface area contributed by atoms with Gasteiger partial charge in [-0.1, -0.05) is 0 Å². The zero-order valence-corrected chi connectivity index (χ0v) is 16.6. The molecule has 0 bridgehead atoms. The first-order chi connectivity index (χ1) is 13.3. The van der Waals surface area contributed by atoms with Gasteiger partial charge in [-0.25, -0.2) is 0 Å². The lowest BCUT2D eigenvalue weighted by molar-refractivity contribution is -0.137. The molecular weight excluding hydrogens is 367 g/mol. The van der Waals surface area contributed by atoms with E-state index in [9.17, 15) is 18.0 Å². The van der Waals surface area contributed by atoms with Crippen molar-refractivity contribution >= 4 is 17.7 Å². The molecule has 1 aromatic rings. The van der Waals surface area contributed by atoms with Crippen LogP contribution >= 0.6 is 0 Å². The summed E-state index contributed by atoms with van der Waals surface area (Å²) in [6, 6.07) is 4.99. The van der Waals surface area contributed by atoms with Crippen molar-refractivity contribution in [2.24, 2.45) is 5.92 Å². The molecule has 3 rings (SSSR count). The van der Waals surface area contributed by atoms with Gasteiger partial charge in [0.05, 0.1) is 11.3 Å². The lowest BCUT2D eigenvalue weighted by Gasteiger charge is -2.39. The standard InChI is InChI=1S/C21H30F3N3O/c1-15(2)26-9-11-27(12-10-26)20-13-18(7-8-19(20)21(22,23)24)25-17-5-3-16(14-28)4-6-17/h7-8,13-17,25H,3-6,9-12H2,1-2H3. The predicted molar refractivity (Wildman–Crippen MR) is 106 cm³/mol. The molecule has 1 aliphatic heterocycles. The summed E-state index contributed by atoms with van der Waals surface area (Å²) in [5.74, 6) is 0.124. The molecule has 7 heteroatoms. The van der Waals surface area contributed by atoms with E-state index in [-0.39, 0.29) is 17.6 Å². The van der Waals surface area contributed by atoms with Crippen LogP contribution < -0.4 is 10.2 Å². The van der Waals surface area contributed by atoms with Gasteiger partial charge in [-0.3, -0.25) is 4.90 Å². The van der Waals surface area contributed by atoms with E-state index in [2.05, 4.69) is 24.1 Å². The number of halogens is 3. The summed E-state index contributed by atoms with van der Waals surface area (Å²) >= 11 is 0. The van der Waals surface area contributed by atoms with Gasteiger partial charge in [0.15, 0.2) is 0 Å². The maximum absolute atomic E-state index is 13.6. The van der Waals surface area contributed by atoms with Gasteiger partial charge in [-0.15, -0.1) is 0 Å². The minimum atomic E-state index is -4.37. The highest BCUT2D eigenvalue weighted by Crippen LogP contribution is 2.39. The smallest absolute Gasteiger partial charge is 0.382 e. The van der Waals surface area contributed by atoms with Crippen molar-refractivity contribution < 1.29 is 18.0 Å². The Labute approximate surface area is 165 Å². The van der Waals surface area contributed by atoms with Crippen LogP contribution in [0.3, 0.4) is 0 Å². The number of benzene rings is 1. The predicted octanol–water partition coefficient (Wildman–Crippen LogP) is 4.41. The molecule has 1 saturated carbocycles. The Bertz CT molecular complexity index is 661. The summed E-state index contributed by atoms with van der Waals surface area (Å²) in [7, 11) is 0. The number of carbonyl (C=O) groups is 1. The number of nitrogens with one attached hydrogen (secondary N) is 1. The first kappa shape index (κ1) is 21.0. The van der Waals surface area contributed by atoms with E-state index in [1.54, 1.807) is 6.07 Å². The van der Waals surface area contributed by atoms with E-state index in [0.717, 1.165) is 50.7 Å². The number of rotatable bonds is 5. The first-order valence-corrected chi connectivity index (χ1v) is 10.2. The molecule has 0 atom stereocenters. The normalized spacial score (nSPS) is 24.4. The number of carbonyl (C=O) groups excluding carboxylic acids is 1. The Balaban J connectivity index is 1.75. The largest absolute Gasteiger partial charge is 0.418 e. The molecule has 156 valence electrons. The van der Waals surface area contributed by atoms with Gasteiger partial charge in [0.1, 0.15) is 6.29 Å². The van der Waals surface area contributed by atoms with Crippen LogP contribution in [0.4, 0.5) is 24.5 Å². The van der Waals surface area contributed by atoms with E-state index >= 15 is 0 Å². The Morgan fingerprint density at radius 1 is 1.07 bits per heavy atom. The molecule has 2 fully saturated rings. The van der Waals surface area contributed by atoms with E-state index in [0.29, 0.717) is 19.1 Å². The number of anilines is 2. The fraction of sp³-hybridized carbons (Fsp3) is 0.667. The Kier molecular flexibility index (Phi) is 6.53. The van der Waals surface area contributed by atoms with Crippen LogP contribution in [0.1, 0.15) is 45.1 Å². The zero-order chi connectivity index (χ0) is 20.3. The van der Waals surface area contributed by atoms with Crippen molar-refractivity contribution in [1.82, 2.24) is 4.90 Å². The van der Waals surface area contributed by atoms with E-state index < -0.39 is 11.7 Å². The summed E-state index contributed by atoms with van der Waals surface area (Å²) < 4.78 is 40.8. The number of hydrogen-bond acceptors (Lipinski definition) is 4. The number of aldehydes is 1. The number of hydrogen-bond donors (Lipinski definition) is 1. The lowest BCUT2D eigenvalue weighted by Crippen LogP contribution is -2.49. The highest BCUT2D eigenvalue weighted by atomic mass is 19.4. The Morgan fingerprint density at radius 2 is 1.71 bits per heavy atom. The number of piperazine rings is 1. The number of nitrogens with zero attached hydrogens (tertiary/aromatic N) is 2. The SMILES string of the molecule is CC(C)N1CCN(c2cc(NC3CCC(C=O)CC3)ccc2C(F)(F)F)CC1. The lowest BCUT2D eigenvalue weighted by atomic mass is 9.87. The van der Waals surface area contributed by atoms with E-state index in [1.165, 1.54) is 12.1 Å². The Hall–Kier alpha value is -1.76. The highest BCUT2D eigenvalue weighted by molar-refractivity contribution is 5.64. The molecule has 1 saturated heterocycles. The molecule has 0 radical (unpaired) electrons. The molecule has 2 aliphatic rings. The maximum atomic E-state index is 13.6. The van der Waals surface area contributed by atoms with Crippen LogP contribution in [0.5, 0.6) is 0 Å². The van der Waals surface area contributed by atoms with Gasteiger partial charge < -0.3 is 15.0 Å². The van der Waals surface area contributed by atoms with Gasteiger partial charge >= 0.3 is 6.18 Å². The molecule has 4 nitrogen and oxygen atoms in total. The molecule has 1 aliphatic carbocycles. The second-order valence-corrected chi connectivity index (χ2v) is 8.24. The molecule has 1 aromatic carbocycles. The van der Waals surface area contributed by atoms with Crippen LogP contribution in [0, 0.1) is 5.92 Å². The topological polar surface area (TPSA) is 35.6 Å². The maximum Gasteiger partial charge on any atom is 0.418 e. The van der Waals surface area contributed by atoms with Crippen molar-refractivity contribution in [1.29, 1.82) is 0 Å². The summed E-state index contributed by atoms with van der Waals surface area (Å²) in [6.45, 7) is 6.94.